The third-order valence-corrected chi connectivity index (χ3v) is 3.58. The van der Waals surface area contributed by atoms with Crippen molar-refractivity contribution in [1.29, 1.82) is 0 Å². The third kappa shape index (κ3) is 1.74. The van der Waals surface area contributed by atoms with Crippen molar-refractivity contribution >= 4 is 16.3 Å². The van der Waals surface area contributed by atoms with E-state index in [2.05, 4.69) is 10.2 Å². The van der Waals surface area contributed by atoms with Gasteiger partial charge in [-0.2, -0.15) is 0 Å². The molecule has 3 rings (SSSR count). The molecule has 0 unspecified atom stereocenters. The van der Waals surface area contributed by atoms with Crippen LogP contribution in [0.1, 0.15) is 5.56 Å². The molecule has 0 atom stereocenters. The first-order chi connectivity index (χ1) is 8.24. The van der Waals surface area contributed by atoms with Crippen LogP contribution in [0.4, 0.5) is 0 Å². The number of hydrogen-bond donors (Lipinski definition) is 0. The highest BCUT2D eigenvalue weighted by atomic mass is 32.1. The molecule has 0 aliphatic rings. The Balaban J connectivity index is 2.23. The zero-order valence-electron chi connectivity index (χ0n) is 9.12. The van der Waals surface area contributed by atoms with Gasteiger partial charge in [0, 0.05) is 10.9 Å². The van der Waals surface area contributed by atoms with Crippen LogP contribution >= 0.6 is 11.3 Å². The molecule has 2 aromatic heterocycles. The fraction of sp³-hybridized carbons (Fsp3) is 0.0833. The lowest BCUT2D eigenvalue weighted by atomic mass is 10.1. The summed E-state index contributed by atoms with van der Waals surface area (Å²) in [4.78, 5) is 13.3. The van der Waals surface area contributed by atoms with Crippen molar-refractivity contribution in [1.82, 2.24) is 14.6 Å². The molecule has 0 N–H and O–H groups in total. The van der Waals surface area contributed by atoms with Gasteiger partial charge in [-0.15, -0.1) is 10.2 Å². The summed E-state index contributed by atoms with van der Waals surface area (Å²) in [6.45, 7) is 2.04. The van der Waals surface area contributed by atoms with Crippen LogP contribution in [0.15, 0.2) is 41.5 Å². The van der Waals surface area contributed by atoms with Crippen LogP contribution in [0.3, 0.4) is 0 Å². The van der Waals surface area contributed by atoms with E-state index in [9.17, 15) is 4.79 Å². The smallest absolute Gasteiger partial charge is 0.259 e. The number of aromatic nitrogens is 3. The maximum Gasteiger partial charge on any atom is 0.259 e. The molecule has 0 amide bonds. The number of aryl methyl sites for hydroxylation is 1. The highest BCUT2D eigenvalue weighted by Gasteiger charge is 2.05. The Morgan fingerprint density at radius 3 is 2.76 bits per heavy atom. The van der Waals surface area contributed by atoms with Crippen molar-refractivity contribution in [2.45, 2.75) is 6.92 Å². The Labute approximate surface area is 101 Å². The van der Waals surface area contributed by atoms with E-state index >= 15 is 0 Å². The highest BCUT2D eigenvalue weighted by molar-refractivity contribution is 7.19. The standard InChI is InChI=1S/C12H9N3OS/c1-8-2-4-9(5-3-8)10-6-11(16)15-7-13-14-12(15)17-10/h2-7H,1H3. The molecule has 0 bridgehead atoms. The van der Waals surface area contributed by atoms with E-state index in [4.69, 9.17) is 0 Å². The first kappa shape index (κ1) is 10.2. The van der Waals surface area contributed by atoms with Gasteiger partial charge in [0.1, 0.15) is 6.33 Å². The van der Waals surface area contributed by atoms with Crippen LogP contribution in [-0.2, 0) is 0 Å². The first-order valence-corrected chi connectivity index (χ1v) is 5.96. The van der Waals surface area contributed by atoms with E-state index in [1.165, 1.54) is 27.6 Å². The lowest BCUT2D eigenvalue weighted by Gasteiger charge is -2.00. The molecule has 17 heavy (non-hydrogen) atoms. The second kappa shape index (κ2) is 3.78. The summed E-state index contributed by atoms with van der Waals surface area (Å²) in [7, 11) is 0. The van der Waals surface area contributed by atoms with Gasteiger partial charge in [-0.1, -0.05) is 41.2 Å². The first-order valence-electron chi connectivity index (χ1n) is 5.15. The molecule has 0 saturated carbocycles. The molecular formula is C12H9N3OS. The van der Waals surface area contributed by atoms with E-state index < -0.39 is 0 Å². The second-order valence-corrected chi connectivity index (χ2v) is 4.81. The molecule has 3 aromatic rings. The summed E-state index contributed by atoms with van der Waals surface area (Å²) in [5, 5.41) is 7.65. The van der Waals surface area contributed by atoms with E-state index in [1.54, 1.807) is 6.07 Å². The van der Waals surface area contributed by atoms with E-state index in [0.717, 1.165) is 10.4 Å². The summed E-state index contributed by atoms with van der Waals surface area (Å²) < 4.78 is 1.45. The van der Waals surface area contributed by atoms with Crippen LogP contribution < -0.4 is 5.56 Å². The molecule has 5 heteroatoms. The molecule has 2 heterocycles. The summed E-state index contributed by atoms with van der Waals surface area (Å²) >= 11 is 1.46. The average Bonchev–Trinajstić information content (AvgIpc) is 2.78. The van der Waals surface area contributed by atoms with Gasteiger partial charge in [-0.25, -0.2) is 4.40 Å². The monoisotopic (exact) mass is 243 g/mol. The Kier molecular flexibility index (Phi) is 2.26. The molecule has 0 fully saturated rings. The minimum atomic E-state index is -0.0978. The second-order valence-electron chi connectivity index (χ2n) is 3.80. The fourth-order valence-corrected chi connectivity index (χ4v) is 2.55. The van der Waals surface area contributed by atoms with Crippen molar-refractivity contribution < 1.29 is 0 Å². The molecule has 0 radical (unpaired) electrons. The normalized spacial score (nSPS) is 10.9. The van der Waals surface area contributed by atoms with E-state index in [1.807, 2.05) is 31.2 Å². The zero-order valence-corrected chi connectivity index (χ0v) is 9.94. The van der Waals surface area contributed by atoms with E-state index in [-0.39, 0.29) is 5.56 Å². The molecule has 84 valence electrons. The maximum atomic E-state index is 11.8. The van der Waals surface area contributed by atoms with Gasteiger partial charge in [0.15, 0.2) is 0 Å². The lowest BCUT2D eigenvalue weighted by molar-refractivity contribution is 1.08. The minimum absolute atomic E-state index is 0.0978. The Morgan fingerprint density at radius 1 is 1.24 bits per heavy atom. The SMILES string of the molecule is Cc1ccc(-c2cc(=O)n3cnnc3s2)cc1. The Morgan fingerprint density at radius 2 is 2.00 bits per heavy atom. The summed E-state index contributed by atoms with van der Waals surface area (Å²) in [5.74, 6) is 0. The maximum absolute atomic E-state index is 11.8. The number of fused-ring (bicyclic) bond motifs is 1. The summed E-state index contributed by atoms with van der Waals surface area (Å²) in [6.07, 6.45) is 1.44. The molecule has 4 nitrogen and oxygen atoms in total. The summed E-state index contributed by atoms with van der Waals surface area (Å²) in [6, 6.07) is 9.69. The predicted molar refractivity (Wildman–Crippen MR) is 67.3 cm³/mol. The van der Waals surface area contributed by atoms with Gasteiger partial charge in [0.2, 0.25) is 4.96 Å². The largest absolute Gasteiger partial charge is 0.269 e. The van der Waals surface area contributed by atoms with Gasteiger partial charge in [0.25, 0.3) is 5.56 Å². The molecule has 1 aromatic carbocycles. The molecule has 0 aliphatic carbocycles. The van der Waals surface area contributed by atoms with Crippen molar-refractivity contribution in [3.8, 4) is 10.4 Å². The number of hydrogen-bond acceptors (Lipinski definition) is 4. The van der Waals surface area contributed by atoms with Gasteiger partial charge < -0.3 is 0 Å². The van der Waals surface area contributed by atoms with E-state index in [0.29, 0.717) is 4.96 Å². The van der Waals surface area contributed by atoms with Gasteiger partial charge >= 0.3 is 0 Å². The number of rotatable bonds is 1. The van der Waals surface area contributed by atoms with Crippen LogP contribution in [0, 0.1) is 6.92 Å². The average molecular weight is 243 g/mol. The van der Waals surface area contributed by atoms with Crippen molar-refractivity contribution in [2.24, 2.45) is 0 Å². The van der Waals surface area contributed by atoms with Gasteiger partial charge in [0.05, 0.1) is 0 Å². The lowest BCUT2D eigenvalue weighted by Crippen LogP contribution is -2.08. The van der Waals surface area contributed by atoms with Crippen molar-refractivity contribution in [2.75, 3.05) is 0 Å². The van der Waals surface area contributed by atoms with Crippen molar-refractivity contribution in [3.63, 3.8) is 0 Å². The zero-order chi connectivity index (χ0) is 11.8. The van der Waals surface area contributed by atoms with Gasteiger partial charge in [-0.05, 0) is 12.5 Å². The molecule has 0 saturated heterocycles. The summed E-state index contributed by atoms with van der Waals surface area (Å²) in [5.41, 5.74) is 2.13. The van der Waals surface area contributed by atoms with Crippen molar-refractivity contribution in [3.05, 3.63) is 52.6 Å². The van der Waals surface area contributed by atoms with Gasteiger partial charge in [-0.3, -0.25) is 4.79 Å². The van der Waals surface area contributed by atoms with Crippen LogP contribution in [0.25, 0.3) is 15.4 Å². The fourth-order valence-electron chi connectivity index (χ4n) is 1.61. The molecule has 0 spiro atoms. The number of benzene rings is 1. The Hall–Kier alpha value is -2.01. The molecular weight excluding hydrogens is 234 g/mol. The topological polar surface area (TPSA) is 47.3 Å². The number of nitrogens with zero attached hydrogens (tertiary/aromatic N) is 3. The minimum Gasteiger partial charge on any atom is -0.269 e. The van der Waals surface area contributed by atoms with Crippen LogP contribution in [-0.4, -0.2) is 14.6 Å². The third-order valence-electron chi connectivity index (χ3n) is 2.55. The highest BCUT2D eigenvalue weighted by Crippen LogP contribution is 2.24. The molecule has 0 aliphatic heterocycles. The van der Waals surface area contributed by atoms with Crippen LogP contribution in [0.2, 0.25) is 0 Å². The van der Waals surface area contributed by atoms with Crippen LogP contribution in [0.5, 0.6) is 0 Å². The Bertz CT molecular complexity index is 727. The quantitative estimate of drug-likeness (QED) is 0.657. The predicted octanol–water partition coefficient (Wildman–Crippen LogP) is 2.13.